The first-order valence-electron chi connectivity index (χ1n) is 7.52. The second-order valence-electron chi connectivity index (χ2n) is 5.39. The quantitative estimate of drug-likeness (QED) is 0.719. The van der Waals surface area contributed by atoms with Crippen molar-refractivity contribution in [3.63, 3.8) is 0 Å². The van der Waals surface area contributed by atoms with E-state index in [2.05, 4.69) is 41.8 Å². The van der Waals surface area contributed by atoms with E-state index in [1.54, 1.807) is 7.11 Å². The highest BCUT2D eigenvalue weighted by molar-refractivity contribution is 14.1. The monoisotopic (exact) mass is 389 g/mol. The van der Waals surface area contributed by atoms with Crippen LogP contribution in [0.25, 0.3) is 0 Å². The Kier molecular flexibility index (Phi) is 5.60. The van der Waals surface area contributed by atoms with Gasteiger partial charge in [0.25, 0.3) is 0 Å². The predicted octanol–water partition coefficient (Wildman–Crippen LogP) is 3.88. The highest BCUT2D eigenvalue weighted by Crippen LogP contribution is 2.43. The van der Waals surface area contributed by atoms with Gasteiger partial charge in [-0.25, -0.2) is 9.97 Å². The minimum Gasteiger partial charge on any atom is -0.370 e. The first kappa shape index (κ1) is 15.9. The fourth-order valence-corrected chi connectivity index (χ4v) is 3.18. The number of hydrogen-bond acceptors (Lipinski definition) is 4. The Hall–Kier alpha value is -0.430. The fraction of sp³-hybridized carbons (Fsp3) is 0.733. The summed E-state index contributed by atoms with van der Waals surface area (Å²) in [5.41, 5.74) is 0.912. The normalized spacial score (nSPS) is 16.8. The smallest absolute Gasteiger partial charge is 0.162 e. The molecule has 0 bridgehead atoms. The van der Waals surface area contributed by atoms with Gasteiger partial charge in [0.1, 0.15) is 11.4 Å². The van der Waals surface area contributed by atoms with E-state index in [0.29, 0.717) is 0 Å². The molecule has 0 radical (unpaired) electrons. The molecule has 20 heavy (non-hydrogen) atoms. The van der Waals surface area contributed by atoms with Gasteiger partial charge < -0.3 is 10.1 Å². The average molecular weight is 389 g/mol. The van der Waals surface area contributed by atoms with E-state index in [1.165, 1.54) is 6.42 Å². The summed E-state index contributed by atoms with van der Waals surface area (Å²) in [5.74, 6) is 1.85. The molecule has 0 atom stereocenters. The van der Waals surface area contributed by atoms with Gasteiger partial charge in [-0.05, 0) is 54.7 Å². The standard InChI is InChI=1S/C15H24IN3O/c1-4-7-11-12(16)13(17-10-5-2)19-14(18-11)15(20-3)8-6-9-15/h4-10H2,1-3H3,(H,17,18,19). The van der Waals surface area contributed by atoms with E-state index in [-0.39, 0.29) is 5.60 Å². The van der Waals surface area contributed by atoms with E-state index < -0.39 is 0 Å². The van der Waals surface area contributed by atoms with Gasteiger partial charge in [-0.1, -0.05) is 20.3 Å². The third-order valence-corrected chi connectivity index (χ3v) is 5.04. The van der Waals surface area contributed by atoms with Gasteiger partial charge in [0.15, 0.2) is 5.82 Å². The molecule has 1 N–H and O–H groups in total. The molecule has 5 heteroatoms. The number of methoxy groups -OCH3 is 1. The molecule has 0 amide bonds. The summed E-state index contributed by atoms with van der Waals surface area (Å²) >= 11 is 2.36. The molecule has 1 fully saturated rings. The molecule has 1 aromatic heterocycles. The lowest BCUT2D eigenvalue weighted by Gasteiger charge is -2.39. The zero-order chi connectivity index (χ0) is 14.6. The van der Waals surface area contributed by atoms with Crippen LogP contribution in [0.4, 0.5) is 5.82 Å². The summed E-state index contributed by atoms with van der Waals surface area (Å²) in [6, 6.07) is 0. The second-order valence-corrected chi connectivity index (χ2v) is 6.46. The molecule has 2 rings (SSSR count). The van der Waals surface area contributed by atoms with E-state index in [0.717, 1.165) is 59.6 Å². The van der Waals surface area contributed by atoms with Crippen LogP contribution in [0.15, 0.2) is 0 Å². The number of ether oxygens (including phenoxy) is 1. The van der Waals surface area contributed by atoms with Crippen molar-refractivity contribution in [1.29, 1.82) is 0 Å². The third-order valence-electron chi connectivity index (χ3n) is 3.91. The van der Waals surface area contributed by atoms with Gasteiger partial charge in [0, 0.05) is 13.7 Å². The van der Waals surface area contributed by atoms with Crippen molar-refractivity contribution in [3.8, 4) is 0 Å². The van der Waals surface area contributed by atoms with Crippen molar-refractivity contribution in [2.45, 2.75) is 58.0 Å². The number of nitrogens with one attached hydrogen (secondary N) is 1. The maximum atomic E-state index is 5.74. The number of halogens is 1. The van der Waals surface area contributed by atoms with Gasteiger partial charge in [-0.15, -0.1) is 0 Å². The van der Waals surface area contributed by atoms with Gasteiger partial charge in [-0.3, -0.25) is 0 Å². The minimum absolute atomic E-state index is 0.241. The molecule has 4 nitrogen and oxygen atoms in total. The topological polar surface area (TPSA) is 47.0 Å². The van der Waals surface area contributed by atoms with Crippen LogP contribution in [0.1, 0.15) is 57.5 Å². The fourth-order valence-electron chi connectivity index (χ4n) is 2.48. The van der Waals surface area contributed by atoms with Crippen LogP contribution in [-0.4, -0.2) is 23.6 Å². The number of nitrogens with zero attached hydrogens (tertiary/aromatic N) is 2. The van der Waals surface area contributed by atoms with Crippen molar-refractivity contribution in [2.24, 2.45) is 0 Å². The van der Waals surface area contributed by atoms with Crippen molar-refractivity contribution in [2.75, 3.05) is 19.0 Å². The van der Waals surface area contributed by atoms with E-state index in [1.807, 2.05) is 0 Å². The largest absolute Gasteiger partial charge is 0.370 e. The highest BCUT2D eigenvalue weighted by atomic mass is 127. The molecule has 0 aromatic carbocycles. The Balaban J connectivity index is 2.38. The van der Waals surface area contributed by atoms with E-state index in [9.17, 15) is 0 Å². The molecule has 1 saturated carbocycles. The zero-order valence-electron chi connectivity index (χ0n) is 12.6. The SMILES string of the molecule is CCCNc1nc(C2(OC)CCC2)nc(CCC)c1I. The van der Waals surface area contributed by atoms with Gasteiger partial charge in [0.05, 0.1) is 9.26 Å². The molecule has 0 aliphatic heterocycles. The van der Waals surface area contributed by atoms with Crippen molar-refractivity contribution in [1.82, 2.24) is 9.97 Å². The Morgan fingerprint density at radius 2 is 2.00 bits per heavy atom. The second kappa shape index (κ2) is 7.02. The van der Waals surface area contributed by atoms with Crippen molar-refractivity contribution < 1.29 is 4.74 Å². The molecule has 0 saturated heterocycles. The summed E-state index contributed by atoms with van der Waals surface area (Å²) in [6.45, 7) is 5.29. The number of aromatic nitrogens is 2. The van der Waals surface area contributed by atoms with Gasteiger partial charge in [-0.2, -0.15) is 0 Å². The van der Waals surface area contributed by atoms with Crippen LogP contribution >= 0.6 is 22.6 Å². The molecule has 1 aliphatic carbocycles. The summed E-state index contributed by atoms with van der Waals surface area (Å²) in [6.07, 6.45) is 6.44. The lowest BCUT2D eigenvalue weighted by Crippen LogP contribution is -2.38. The summed E-state index contributed by atoms with van der Waals surface area (Å²) < 4.78 is 6.90. The Morgan fingerprint density at radius 1 is 1.25 bits per heavy atom. The van der Waals surface area contributed by atoms with E-state index in [4.69, 9.17) is 14.7 Å². The molecule has 0 unspecified atom stereocenters. The average Bonchev–Trinajstić information content (AvgIpc) is 2.40. The van der Waals surface area contributed by atoms with Crippen molar-refractivity contribution in [3.05, 3.63) is 15.1 Å². The maximum Gasteiger partial charge on any atom is 0.162 e. The Morgan fingerprint density at radius 3 is 2.50 bits per heavy atom. The van der Waals surface area contributed by atoms with Gasteiger partial charge >= 0.3 is 0 Å². The number of hydrogen-bond donors (Lipinski definition) is 1. The molecule has 0 spiro atoms. The summed E-state index contributed by atoms with van der Waals surface area (Å²) in [5, 5.41) is 3.43. The highest BCUT2D eigenvalue weighted by Gasteiger charge is 2.42. The first-order chi connectivity index (χ1) is 9.66. The Labute approximate surface area is 135 Å². The van der Waals surface area contributed by atoms with E-state index >= 15 is 0 Å². The van der Waals surface area contributed by atoms with Crippen molar-refractivity contribution >= 4 is 28.4 Å². The zero-order valence-corrected chi connectivity index (χ0v) is 14.8. The molecular formula is C15H24IN3O. The molecule has 1 heterocycles. The van der Waals surface area contributed by atoms with Crippen LogP contribution in [0.3, 0.4) is 0 Å². The maximum absolute atomic E-state index is 5.74. The molecule has 1 aromatic rings. The Bertz CT molecular complexity index is 455. The van der Waals surface area contributed by atoms with Crippen LogP contribution in [0.2, 0.25) is 0 Å². The predicted molar refractivity (Wildman–Crippen MR) is 90.1 cm³/mol. The lowest BCUT2D eigenvalue weighted by molar-refractivity contribution is -0.0847. The van der Waals surface area contributed by atoms with Crippen LogP contribution < -0.4 is 5.32 Å². The lowest BCUT2D eigenvalue weighted by atomic mass is 9.79. The first-order valence-corrected chi connectivity index (χ1v) is 8.60. The summed E-state index contributed by atoms with van der Waals surface area (Å²) in [7, 11) is 1.78. The van der Waals surface area contributed by atoms with Gasteiger partial charge in [0.2, 0.25) is 0 Å². The number of rotatable bonds is 7. The van der Waals surface area contributed by atoms with Crippen LogP contribution in [-0.2, 0) is 16.8 Å². The molecular weight excluding hydrogens is 365 g/mol. The molecule has 1 aliphatic rings. The number of aryl methyl sites for hydroxylation is 1. The number of anilines is 1. The van der Waals surface area contributed by atoms with Crippen LogP contribution in [0, 0.1) is 3.57 Å². The van der Waals surface area contributed by atoms with Crippen LogP contribution in [0.5, 0.6) is 0 Å². The summed E-state index contributed by atoms with van der Waals surface area (Å²) in [4.78, 5) is 9.58. The minimum atomic E-state index is -0.241. The molecule has 112 valence electrons. The third kappa shape index (κ3) is 3.08.